The Morgan fingerprint density at radius 2 is 2.29 bits per heavy atom. The molecule has 0 aliphatic rings. The molecule has 0 saturated heterocycles. The molecule has 2 aromatic rings. The Labute approximate surface area is 98.3 Å². The van der Waals surface area contributed by atoms with E-state index in [4.69, 9.17) is 5.73 Å². The van der Waals surface area contributed by atoms with E-state index in [0.29, 0.717) is 11.4 Å². The highest BCUT2D eigenvalue weighted by molar-refractivity contribution is 5.92. The monoisotopic (exact) mass is 231 g/mol. The van der Waals surface area contributed by atoms with E-state index >= 15 is 0 Å². The number of primary amides is 1. The van der Waals surface area contributed by atoms with Gasteiger partial charge >= 0.3 is 0 Å². The summed E-state index contributed by atoms with van der Waals surface area (Å²) in [6, 6.07) is 3.35. The summed E-state index contributed by atoms with van der Waals surface area (Å²) in [4.78, 5) is 22.1. The first-order valence-corrected chi connectivity index (χ1v) is 5.18. The molecule has 0 aliphatic carbocycles. The zero-order chi connectivity index (χ0) is 12.3. The normalized spacial score (nSPS) is 12.1. The summed E-state index contributed by atoms with van der Waals surface area (Å²) in [6.07, 6.45) is 4.90. The maximum atomic E-state index is 10.9. The molecule has 0 radical (unpaired) electrons. The van der Waals surface area contributed by atoms with Gasteiger partial charge in [0.1, 0.15) is 11.6 Å². The maximum Gasteiger partial charge on any atom is 0.250 e. The summed E-state index contributed by atoms with van der Waals surface area (Å²) in [7, 11) is 0. The molecule has 2 aromatic heterocycles. The molecule has 6 nitrogen and oxygen atoms in total. The number of aromatic nitrogens is 3. The quantitative estimate of drug-likeness (QED) is 0.733. The lowest BCUT2D eigenvalue weighted by Gasteiger charge is -2.11. The van der Waals surface area contributed by atoms with Gasteiger partial charge in [-0.15, -0.1) is 0 Å². The number of imidazole rings is 1. The molecule has 88 valence electrons. The van der Waals surface area contributed by atoms with E-state index in [1.165, 1.54) is 6.20 Å². The van der Waals surface area contributed by atoms with Crippen molar-refractivity contribution in [2.75, 3.05) is 5.32 Å². The number of hydrogen-bond acceptors (Lipinski definition) is 4. The number of hydrogen-bond donors (Lipinski definition) is 3. The molecule has 0 aliphatic heterocycles. The summed E-state index contributed by atoms with van der Waals surface area (Å²) in [5.74, 6) is 1.01. The van der Waals surface area contributed by atoms with Crippen LogP contribution in [0.4, 0.5) is 5.82 Å². The number of rotatable bonds is 4. The standard InChI is InChI=1S/C11H13N5O/c1-7(11-13-4-5-14-11)16-9-3-2-8(6-15-9)10(12)17/h2-7H,1H3,(H2,12,17)(H,13,14)(H,15,16). The molecular formula is C11H13N5O. The van der Waals surface area contributed by atoms with Gasteiger partial charge in [0.25, 0.3) is 0 Å². The first-order valence-electron chi connectivity index (χ1n) is 5.18. The molecule has 4 N–H and O–H groups in total. The van der Waals surface area contributed by atoms with Crippen molar-refractivity contribution in [2.45, 2.75) is 13.0 Å². The van der Waals surface area contributed by atoms with E-state index in [-0.39, 0.29) is 6.04 Å². The Bertz CT molecular complexity index is 491. The molecule has 1 atom stereocenters. The number of anilines is 1. The van der Waals surface area contributed by atoms with Crippen molar-refractivity contribution in [1.29, 1.82) is 0 Å². The molecule has 1 unspecified atom stereocenters. The Balaban J connectivity index is 2.06. The Kier molecular flexibility index (Phi) is 3.04. The van der Waals surface area contributed by atoms with E-state index < -0.39 is 5.91 Å². The fraction of sp³-hybridized carbons (Fsp3) is 0.182. The van der Waals surface area contributed by atoms with Gasteiger partial charge in [-0.1, -0.05) is 0 Å². The van der Waals surface area contributed by atoms with Gasteiger partial charge in [0.2, 0.25) is 5.91 Å². The van der Waals surface area contributed by atoms with Crippen LogP contribution in [-0.2, 0) is 0 Å². The number of carbonyl (C=O) groups excluding carboxylic acids is 1. The lowest BCUT2D eigenvalue weighted by molar-refractivity contribution is 0.1000. The average molecular weight is 231 g/mol. The second-order valence-corrected chi connectivity index (χ2v) is 3.64. The molecule has 2 rings (SSSR count). The van der Waals surface area contributed by atoms with Crippen LogP contribution >= 0.6 is 0 Å². The first-order chi connectivity index (χ1) is 8.16. The predicted molar refractivity (Wildman–Crippen MR) is 63.4 cm³/mol. The minimum absolute atomic E-state index is 0.0110. The molecule has 0 saturated carbocycles. The fourth-order valence-corrected chi connectivity index (χ4v) is 1.43. The Hall–Kier alpha value is -2.37. The van der Waals surface area contributed by atoms with Crippen molar-refractivity contribution in [1.82, 2.24) is 15.0 Å². The fourth-order valence-electron chi connectivity index (χ4n) is 1.43. The van der Waals surface area contributed by atoms with Crippen LogP contribution in [0.25, 0.3) is 0 Å². The van der Waals surface area contributed by atoms with E-state index in [9.17, 15) is 4.79 Å². The van der Waals surface area contributed by atoms with Gasteiger partial charge < -0.3 is 16.0 Å². The number of aromatic amines is 1. The second-order valence-electron chi connectivity index (χ2n) is 3.64. The summed E-state index contributed by atoms with van der Waals surface area (Å²) < 4.78 is 0. The summed E-state index contributed by atoms with van der Waals surface area (Å²) in [6.45, 7) is 1.96. The molecule has 0 fully saturated rings. The molecule has 0 aromatic carbocycles. The highest BCUT2D eigenvalue weighted by atomic mass is 16.1. The average Bonchev–Trinajstić information content (AvgIpc) is 2.83. The van der Waals surface area contributed by atoms with E-state index in [0.717, 1.165) is 5.82 Å². The molecular weight excluding hydrogens is 218 g/mol. The van der Waals surface area contributed by atoms with Gasteiger partial charge in [-0.25, -0.2) is 9.97 Å². The van der Waals surface area contributed by atoms with Gasteiger partial charge in [0.15, 0.2) is 0 Å². The number of nitrogens with two attached hydrogens (primary N) is 1. The van der Waals surface area contributed by atoms with Gasteiger partial charge in [-0.2, -0.15) is 0 Å². The summed E-state index contributed by atoms with van der Waals surface area (Å²) in [5, 5.41) is 3.15. The number of H-pyrrole nitrogens is 1. The number of amides is 1. The molecule has 2 heterocycles. The van der Waals surface area contributed by atoms with Crippen LogP contribution in [0, 0.1) is 0 Å². The topological polar surface area (TPSA) is 96.7 Å². The number of nitrogens with one attached hydrogen (secondary N) is 2. The third-order valence-electron chi connectivity index (χ3n) is 2.34. The van der Waals surface area contributed by atoms with Crippen molar-refractivity contribution >= 4 is 11.7 Å². The van der Waals surface area contributed by atoms with Gasteiger partial charge in [-0.05, 0) is 19.1 Å². The van der Waals surface area contributed by atoms with Crippen LogP contribution in [0.2, 0.25) is 0 Å². The van der Waals surface area contributed by atoms with Crippen LogP contribution in [0.15, 0.2) is 30.7 Å². The van der Waals surface area contributed by atoms with Crippen molar-refractivity contribution in [3.8, 4) is 0 Å². The first kappa shape index (κ1) is 11.1. The van der Waals surface area contributed by atoms with Crippen LogP contribution in [0.1, 0.15) is 29.1 Å². The zero-order valence-electron chi connectivity index (χ0n) is 9.34. The summed E-state index contributed by atoms with van der Waals surface area (Å²) in [5.41, 5.74) is 5.52. The van der Waals surface area contributed by atoms with Crippen molar-refractivity contribution in [3.63, 3.8) is 0 Å². The van der Waals surface area contributed by atoms with Gasteiger partial charge in [-0.3, -0.25) is 4.79 Å². The Morgan fingerprint density at radius 3 is 2.82 bits per heavy atom. The van der Waals surface area contributed by atoms with Gasteiger partial charge in [0, 0.05) is 18.6 Å². The largest absolute Gasteiger partial charge is 0.366 e. The predicted octanol–water partition coefficient (Wildman–Crippen LogP) is 1.08. The maximum absolute atomic E-state index is 10.9. The third-order valence-corrected chi connectivity index (χ3v) is 2.34. The third kappa shape index (κ3) is 2.60. The smallest absolute Gasteiger partial charge is 0.250 e. The van der Waals surface area contributed by atoms with Crippen molar-refractivity contribution < 1.29 is 4.79 Å². The van der Waals surface area contributed by atoms with Gasteiger partial charge in [0.05, 0.1) is 11.6 Å². The summed E-state index contributed by atoms with van der Waals surface area (Å²) >= 11 is 0. The van der Waals surface area contributed by atoms with E-state index in [1.807, 2.05) is 6.92 Å². The molecule has 6 heteroatoms. The van der Waals surface area contributed by atoms with Crippen molar-refractivity contribution in [2.24, 2.45) is 5.73 Å². The van der Waals surface area contributed by atoms with E-state index in [2.05, 4.69) is 20.3 Å². The van der Waals surface area contributed by atoms with Crippen LogP contribution in [0.3, 0.4) is 0 Å². The Morgan fingerprint density at radius 1 is 1.47 bits per heavy atom. The molecule has 1 amide bonds. The number of nitrogens with zero attached hydrogens (tertiary/aromatic N) is 2. The van der Waals surface area contributed by atoms with Crippen molar-refractivity contribution in [3.05, 3.63) is 42.1 Å². The zero-order valence-corrected chi connectivity index (χ0v) is 9.34. The van der Waals surface area contributed by atoms with E-state index in [1.54, 1.807) is 24.5 Å². The number of carbonyl (C=O) groups is 1. The second kappa shape index (κ2) is 4.65. The van der Waals surface area contributed by atoms with Crippen LogP contribution in [0.5, 0.6) is 0 Å². The minimum Gasteiger partial charge on any atom is -0.366 e. The van der Waals surface area contributed by atoms with Crippen LogP contribution < -0.4 is 11.1 Å². The minimum atomic E-state index is -0.483. The highest BCUT2D eigenvalue weighted by Gasteiger charge is 2.08. The lowest BCUT2D eigenvalue weighted by atomic mass is 10.2. The molecule has 17 heavy (non-hydrogen) atoms. The molecule has 0 spiro atoms. The highest BCUT2D eigenvalue weighted by Crippen LogP contribution is 2.14. The molecule has 0 bridgehead atoms. The SMILES string of the molecule is CC(Nc1ccc(C(N)=O)cn1)c1ncc[nH]1. The lowest BCUT2D eigenvalue weighted by Crippen LogP contribution is -2.13. The number of pyridine rings is 1. The van der Waals surface area contributed by atoms with Crippen LogP contribution in [-0.4, -0.2) is 20.9 Å².